The smallest absolute Gasteiger partial charge is 0.266 e. The van der Waals surface area contributed by atoms with Crippen LogP contribution >= 0.6 is 15.9 Å². The molecule has 3 aromatic carbocycles. The number of nitrogens with zero attached hydrogens (tertiary/aromatic N) is 2. The van der Waals surface area contributed by atoms with Crippen molar-refractivity contribution in [3.05, 3.63) is 82.8 Å². The molecule has 5 rings (SSSR count). The maximum atomic E-state index is 13.7. The molecular weight excluding hydrogens is 488 g/mol. The van der Waals surface area contributed by atoms with Crippen molar-refractivity contribution in [1.82, 2.24) is 0 Å². The molecule has 168 valence electrons. The summed E-state index contributed by atoms with van der Waals surface area (Å²) in [7, 11) is 3.13. The summed E-state index contributed by atoms with van der Waals surface area (Å²) in [5.74, 6) is -0.188. The molecule has 2 aliphatic heterocycles. The summed E-state index contributed by atoms with van der Waals surface area (Å²) in [6, 6.07) is 21.5. The van der Waals surface area contributed by atoms with Gasteiger partial charge in [-0.15, -0.1) is 0 Å². The molecule has 0 N–H and O–H groups in total. The van der Waals surface area contributed by atoms with Crippen molar-refractivity contribution in [1.29, 1.82) is 0 Å². The summed E-state index contributed by atoms with van der Waals surface area (Å²) in [6.45, 7) is 0. The van der Waals surface area contributed by atoms with Crippen LogP contribution in [0.1, 0.15) is 11.6 Å². The highest BCUT2D eigenvalue weighted by Crippen LogP contribution is 2.48. The summed E-state index contributed by atoms with van der Waals surface area (Å²) < 4.78 is 11.4. The number of ether oxygens (including phenoxy) is 2. The first-order chi connectivity index (χ1) is 16.0. The Morgan fingerprint density at radius 1 is 0.848 bits per heavy atom. The molecule has 8 heteroatoms. The quantitative estimate of drug-likeness (QED) is 0.472. The van der Waals surface area contributed by atoms with Crippen molar-refractivity contribution in [2.24, 2.45) is 5.92 Å². The number of halogens is 1. The Bertz CT molecular complexity index is 1220. The molecule has 2 aliphatic rings. The largest absolute Gasteiger partial charge is 0.497 e. The monoisotopic (exact) mass is 508 g/mol. The van der Waals surface area contributed by atoms with E-state index in [9.17, 15) is 9.59 Å². The van der Waals surface area contributed by atoms with E-state index >= 15 is 0 Å². The standard InChI is InChI=1S/C25H21BrN2O5/c1-31-18-10-6-9-17(14-18)27-24(29)21-22(15-11-12-20(32-2)19(26)13-15)28(33-23(21)25(27)30)16-7-4-3-5-8-16/h3-14,21-23H,1-2H3/t21-,22-,23+/m1/s1. The van der Waals surface area contributed by atoms with Crippen LogP contribution in [0.5, 0.6) is 11.5 Å². The molecule has 7 nitrogen and oxygen atoms in total. The Morgan fingerprint density at radius 3 is 2.30 bits per heavy atom. The van der Waals surface area contributed by atoms with E-state index in [-0.39, 0.29) is 5.91 Å². The van der Waals surface area contributed by atoms with E-state index in [0.29, 0.717) is 17.2 Å². The first kappa shape index (κ1) is 21.5. The Balaban J connectivity index is 1.59. The fourth-order valence-electron chi connectivity index (χ4n) is 4.42. The van der Waals surface area contributed by atoms with E-state index in [1.807, 2.05) is 48.5 Å². The maximum absolute atomic E-state index is 13.7. The van der Waals surface area contributed by atoms with Gasteiger partial charge in [0.25, 0.3) is 5.91 Å². The van der Waals surface area contributed by atoms with E-state index < -0.39 is 24.0 Å². The molecular formula is C25H21BrN2O5. The van der Waals surface area contributed by atoms with Crippen molar-refractivity contribution in [2.75, 3.05) is 24.2 Å². The fourth-order valence-corrected chi connectivity index (χ4v) is 4.98. The average Bonchev–Trinajstić information content (AvgIpc) is 3.35. The molecule has 0 spiro atoms. The minimum absolute atomic E-state index is 0.311. The van der Waals surface area contributed by atoms with Gasteiger partial charge in [-0.3, -0.25) is 14.4 Å². The maximum Gasteiger partial charge on any atom is 0.266 e. The number of anilines is 2. The molecule has 2 amide bonds. The van der Waals surface area contributed by atoms with Gasteiger partial charge in [-0.05, 0) is 57.9 Å². The Morgan fingerprint density at radius 2 is 1.61 bits per heavy atom. The number of imide groups is 1. The van der Waals surface area contributed by atoms with Crippen molar-refractivity contribution in [3.63, 3.8) is 0 Å². The second-order valence-electron chi connectivity index (χ2n) is 7.77. The lowest BCUT2D eigenvalue weighted by molar-refractivity contribution is -0.126. The van der Waals surface area contributed by atoms with Crippen LogP contribution in [-0.2, 0) is 14.4 Å². The minimum Gasteiger partial charge on any atom is -0.497 e. The van der Waals surface area contributed by atoms with Gasteiger partial charge in [0.15, 0.2) is 6.10 Å². The number of amides is 2. The molecule has 3 atom stereocenters. The third-order valence-corrected chi connectivity index (χ3v) is 6.57. The number of hydrogen-bond donors (Lipinski definition) is 0. The van der Waals surface area contributed by atoms with Crippen LogP contribution in [0, 0.1) is 5.92 Å². The third-order valence-electron chi connectivity index (χ3n) is 5.95. The molecule has 2 heterocycles. The number of para-hydroxylation sites is 1. The lowest BCUT2D eigenvalue weighted by atomic mass is 9.90. The van der Waals surface area contributed by atoms with Crippen LogP contribution in [0.15, 0.2) is 77.3 Å². The molecule has 0 aliphatic carbocycles. The first-order valence-corrected chi connectivity index (χ1v) is 11.2. The van der Waals surface area contributed by atoms with Gasteiger partial charge in [-0.1, -0.05) is 30.3 Å². The predicted octanol–water partition coefficient (Wildman–Crippen LogP) is 4.52. The number of hydrogen-bond acceptors (Lipinski definition) is 6. The molecule has 33 heavy (non-hydrogen) atoms. The van der Waals surface area contributed by atoms with Gasteiger partial charge in [-0.2, -0.15) is 0 Å². The number of carbonyl (C=O) groups is 2. The van der Waals surface area contributed by atoms with Crippen molar-refractivity contribution >= 4 is 39.1 Å². The zero-order valence-corrected chi connectivity index (χ0v) is 19.6. The highest BCUT2D eigenvalue weighted by molar-refractivity contribution is 9.10. The van der Waals surface area contributed by atoms with Gasteiger partial charge in [0.05, 0.1) is 36.1 Å². The van der Waals surface area contributed by atoms with Crippen LogP contribution in [0.4, 0.5) is 11.4 Å². The van der Waals surface area contributed by atoms with Gasteiger partial charge in [0, 0.05) is 6.07 Å². The number of carbonyl (C=O) groups excluding carboxylic acids is 2. The average molecular weight is 509 g/mol. The van der Waals surface area contributed by atoms with E-state index in [1.165, 1.54) is 4.90 Å². The summed E-state index contributed by atoms with van der Waals surface area (Å²) in [5.41, 5.74) is 2.05. The van der Waals surface area contributed by atoms with Crippen molar-refractivity contribution in [2.45, 2.75) is 12.1 Å². The third kappa shape index (κ3) is 3.55. The van der Waals surface area contributed by atoms with E-state index in [2.05, 4.69) is 15.9 Å². The fraction of sp³-hybridized carbons (Fsp3) is 0.200. The summed E-state index contributed by atoms with van der Waals surface area (Å²) in [5, 5.41) is 1.67. The second-order valence-corrected chi connectivity index (χ2v) is 8.62. The molecule has 0 radical (unpaired) electrons. The van der Waals surface area contributed by atoms with E-state index in [4.69, 9.17) is 14.3 Å². The second kappa shape index (κ2) is 8.53. The SMILES string of the molecule is COc1cccc(N2C(=O)[C@H]3[C@H](ON(c4ccccc4)[C@@H]3c3ccc(OC)c(Br)c3)C2=O)c1. The molecule has 2 fully saturated rings. The lowest BCUT2D eigenvalue weighted by Gasteiger charge is -2.29. The van der Waals surface area contributed by atoms with Gasteiger partial charge >= 0.3 is 0 Å². The number of hydroxylamine groups is 1. The van der Waals surface area contributed by atoms with Crippen LogP contribution in [-0.4, -0.2) is 32.1 Å². The number of fused-ring (bicyclic) bond motifs is 1. The van der Waals surface area contributed by atoms with Gasteiger partial charge in [-0.25, -0.2) is 9.96 Å². The topological polar surface area (TPSA) is 68.3 Å². The van der Waals surface area contributed by atoms with Crippen LogP contribution in [0.3, 0.4) is 0 Å². The van der Waals surface area contributed by atoms with E-state index in [0.717, 1.165) is 15.7 Å². The predicted molar refractivity (Wildman–Crippen MR) is 126 cm³/mol. The molecule has 0 bridgehead atoms. The van der Waals surface area contributed by atoms with Crippen LogP contribution in [0.2, 0.25) is 0 Å². The first-order valence-electron chi connectivity index (χ1n) is 10.4. The Kier molecular flexibility index (Phi) is 5.55. The number of benzene rings is 3. The highest BCUT2D eigenvalue weighted by Gasteiger charge is 2.60. The van der Waals surface area contributed by atoms with Gasteiger partial charge < -0.3 is 9.47 Å². The summed E-state index contributed by atoms with van der Waals surface area (Å²) >= 11 is 3.53. The van der Waals surface area contributed by atoms with Gasteiger partial charge in [0.2, 0.25) is 5.91 Å². The molecule has 2 saturated heterocycles. The normalized spacial score (nSPS) is 22.0. The summed E-state index contributed by atoms with van der Waals surface area (Å²) in [4.78, 5) is 34.5. The number of rotatable bonds is 5. The van der Waals surface area contributed by atoms with Crippen molar-refractivity contribution in [3.8, 4) is 11.5 Å². The van der Waals surface area contributed by atoms with Crippen molar-refractivity contribution < 1.29 is 23.9 Å². The minimum atomic E-state index is -0.935. The van der Waals surface area contributed by atoms with Crippen LogP contribution in [0.25, 0.3) is 0 Å². The molecule has 0 unspecified atom stereocenters. The number of methoxy groups -OCH3 is 2. The summed E-state index contributed by atoms with van der Waals surface area (Å²) in [6.07, 6.45) is -0.935. The molecule has 0 saturated carbocycles. The molecule has 0 aromatic heterocycles. The zero-order valence-electron chi connectivity index (χ0n) is 18.0. The molecule has 3 aromatic rings. The Hall–Kier alpha value is -3.36. The zero-order chi connectivity index (χ0) is 23.1. The van der Waals surface area contributed by atoms with Gasteiger partial charge in [0.1, 0.15) is 17.4 Å². The van der Waals surface area contributed by atoms with E-state index in [1.54, 1.807) is 43.5 Å². The Labute approximate surface area is 199 Å². The van der Waals surface area contributed by atoms with Crippen LogP contribution < -0.4 is 19.4 Å². The highest BCUT2D eigenvalue weighted by atomic mass is 79.9. The lowest BCUT2D eigenvalue weighted by Crippen LogP contribution is -2.37.